The van der Waals surface area contributed by atoms with Crippen molar-refractivity contribution >= 4 is 35.2 Å². The van der Waals surface area contributed by atoms with E-state index in [4.69, 9.17) is 12.2 Å². The molecule has 1 aromatic rings. The molecule has 6 heteroatoms. The third-order valence-corrected chi connectivity index (χ3v) is 4.19. The van der Waals surface area contributed by atoms with Gasteiger partial charge in [-0.3, -0.25) is 20.2 Å². The topological polar surface area (TPSA) is 63.1 Å². The molecule has 2 amide bonds. The largest absolute Gasteiger partial charge is 0.351 e. The van der Waals surface area contributed by atoms with Crippen LogP contribution in [0.5, 0.6) is 0 Å². The molecule has 0 atom stereocenters. The van der Waals surface area contributed by atoms with Gasteiger partial charge in [0.05, 0.1) is 0 Å². The molecule has 1 aliphatic carbocycles. The number of hydrogen-bond donors (Lipinski definition) is 2. The number of carbonyl (C=O) groups is 2. The van der Waals surface area contributed by atoms with E-state index in [1.165, 1.54) is 32.1 Å². The number of nitrogens with zero attached hydrogens (tertiary/aromatic N) is 1. The Balaban J connectivity index is 1.79. The monoisotopic (exact) mass is 303 g/mol. The Bertz CT molecular complexity index is 605. The number of aromatic nitrogens is 1. The molecule has 2 aliphatic rings. The number of carbonyl (C=O) groups excluding carboxylic acids is 2. The van der Waals surface area contributed by atoms with Crippen molar-refractivity contribution in [2.45, 2.75) is 38.1 Å². The molecule has 0 bridgehead atoms. The summed E-state index contributed by atoms with van der Waals surface area (Å²) < 4.78 is 2.19. The Kier molecular flexibility index (Phi) is 3.88. The summed E-state index contributed by atoms with van der Waals surface area (Å²) in [6, 6.07) is 2.46. The van der Waals surface area contributed by atoms with Crippen molar-refractivity contribution in [1.29, 1.82) is 0 Å². The first-order chi connectivity index (χ1) is 10.1. The van der Waals surface area contributed by atoms with Crippen LogP contribution in [-0.4, -0.2) is 21.5 Å². The number of nitrogens with one attached hydrogen (secondary N) is 2. The minimum Gasteiger partial charge on any atom is -0.351 e. The Morgan fingerprint density at radius 3 is 2.48 bits per heavy atom. The summed E-state index contributed by atoms with van der Waals surface area (Å²) in [5.74, 6) is -0.900. The lowest BCUT2D eigenvalue weighted by molar-refractivity contribution is -0.123. The normalized spacial score (nSPS) is 20.2. The van der Waals surface area contributed by atoms with Crippen LogP contribution >= 0.6 is 12.2 Å². The second-order valence-corrected chi connectivity index (χ2v) is 5.89. The molecule has 2 fully saturated rings. The summed E-state index contributed by atoms with van der Waals surface area (Å²) >= 11 is 4.77. The van der Waals surface area contributed by atoms with E-state index in [0.29, 0.717) is 6.04 Å². The van der Waals surface area contributed by atoms with Gasteiger partial charge < -0.3 is 4.57 Å². The Morgan fingerprint density at radius 1 is 1.14 bits per heavy atom. The van der Waals surface area contributed by atoms with Gasteiger partial charge in [0.2, 0.25) is 0 Å². The summed E-state index contributed by atoms with van der Waals surface area (Å²) in [6.07, 6.45) is 11.9. The Hall–Kier alpha value is -1.95. The summed E-state index contributed by atoms with van der Waals surface area (Å²) in [5, 5.41) is 4.93. The van der Waals surface area contributed by atoms with E-state index in [-0.39, 0.29) is 10.7 Å². The van der Waals surface area contributed by atoms with Crippen molar-refractivity contribution in [3.8, 4) is 0 Å². The van der Waals surface area contributed by atoms with Gasteiger partial charge in [-0.15, -0.1) is 0 Å². The summed E-state index contributed by atoms with van der Waals surface area (Å²) in [4.78, 5) is 23.6. The SMILES string of the molecule is O=C1NC(=S)NC(=O)C1=Cc1ccn(C2CCCCC2)c1. The minimum atomic E-state index is -0.450. The second-order valence-electron chi connectivity index (χ2n) is 5.48. The highest BCUT2D eigenvalue weighted by atomic mass is 32.1. The second kappa shape index (κ2) is 5.81. The minimum absolute atomic E-state index is 0.0573. The fourth-order valence-corrected chi connectivity index (χ4v) is 3.08. The molecule has 2 N–H and O–H groups in total. The van der Waals surface area contributed by atoms with Gasteiger partial charge in [-0.05, 0) is 42.8 Å². The zero-order chi connectivity index (χ0) is 14.8. The average Bonchev–Trinajstić information content (AvgIpc) is 2.92. The summed E-state index contributed by atoms with van der Waals surface area (Å²) in [6.45, 7) is 0. The molecule has 110 valence electrons. The highest BCUT2D eigenvalue weighted by Crippen LogP contribution is 2.28. The third kappa shape index (κ3) is 3.05. The predicted octanol–water partition coefficient (Wildman–Crippen LogP) is 1.91. The highest BCUT2D eigenvalue weighted by molar-refractivity contribution is 7.80. The molecule has 1 saturated carbocycles. The van der Waals surface area contributed by atoms with Crippen molar-refractivity contribution in [3.63, 3.8) is 0 Å². The van der Waals surface area contributed by atoms with E-state index in [2.05, 4.69) is 15.2 Å². The van der Waals surface area contributed by atoms with E-state index in [1.54, 1.807) is 6.08 Å². The first-order valence-electron chi connectivity index (χ1n) is 7.19. The fourth-order valence-electron chi connectivity index (χ4n) is 2.90. The number of hydrogen-bond acceptors (Lipinski definition) is 3. The lowest BCUT2D eigenvalue weighted by Crippen LogP contribution is -2.51. The maximum absolute atomic E-state index is 11.8. The van der Waals surface area contributed by atoms with E-state index in [9.17, 15) is 9.59 Å². The van der Waals surface area contributed by atoms with Gasteiger partial charge in [0.1, 0.15) is 5.57 Å². The van der Waals surface area contributed by atoms with Crippen LogP contribution in [0, 0.1) is 0 Å². The molecule has 0 unspecified atom stereocenters. The number of rotatable bonds is 2. The average molecular weight is 303 g/mol. The van der Waals surface area contributed by atoms with Gasteiger partial charge in [-0.1, -0.05) is 19.3 Å². The zero-order valence-electron chi connectivity index (χ0n) is 11.6. The van der Waals surface area contributed by atoms with Crippen molar-refractivity contribution in [2.24, 2.45) is 0 Å². The first-order valence-corrected chi connectivity index (χ1v) is 7.60. The molecular formula is C15H17N3O2S. The Morgan fingerprint density at radius 2 is 1.81 bits per heavy atom. The maximum atomic E-state index is 11.8. The van der Waals surface area contributed by atoms with Crippen LogP contribution < -0.4 is 10.6 Å². The fraction of sp³-hybridized carbons (Fsp3) is 0.400. The van der Waals surface area contributed by atoms with E-state index < -0.39 is 11.8 Å². The molecular weight excluding hydrogens is 286 g/mol. The molecule has 2 heterocycles. The van der Waals surface area contributed by atoms with Crippen molar-refractivity contribution in [2.75, 3.05) is 0 Å². The standard InChI is InChI=1S/C15H17N3O2S/c19-13-12(14(20)17-15(21)16-13)8-10-6-7-18(9-10)11-4-2-1-3-5-11/h6-9,11H,1-5H2,(H2,16,17,19,20,21). The molecule has 0 radical (unpaired) electrons. The van der Waals surface area contributed by atoms with Gasteiger partial charge in [0, 0.05) is 18.4 Å². The van der Waals surface area contributed by atoms with E-state index >= 15 is 0 Å². The molecule has 21 heavy (non-hydrogen) atoms. The lowest BCUT2D eigenvalue weighted by Gasteiger charge is -2.23. The first kappa shape index (κ1) is 14.0. The van der Waals surface area contributed by atoms with Crippen LogP contribution in [-0.2, 0) is 9.59 Å². The maximum Gasteiger partial charge on any atom is 0.263 e. The smallest absolute Gasteiger partial charge is 0.263 e. The molecule has 1 aliphatic heterocycles. The van der Waals surface area contributed by atoms with Crippen LogP contribution in [0.1, 0.15) is 43.7 Å². The zero-order valence-corrected chi connectivity index (χ0v) is 12.4. The van der Waals surface area contributed by atoms with Crippen LogP contribution in [0.25, 0.3) is 6.08 Å². The summed E-state index contributed by atoms with van der Waals surface area (Å²) in [7, 11) is 0. The number of thiocarbonyl (C=S) groups is 1. The molecule has 1 aromatic heterocycles. The predicted molar refractivity (Wildman–Crippen MR) is 83.4 cm³/mol. The molecule has 0 spiro atoms. The molecule has 5 nitrogen and oxygen atoms in total. The van der Waals surface area contributed by atoms with Crippen LogP contribution in [0.2, 0.25) is 0 Å². The quantitative estimate of drug-likeness (QED) is 0.498. The van der Waals surface area contributed by atoms with Crippen LogP contribution in [0.3, 0.4) is 0 Å². The Labute approximate surface area is 128 Å². The van der Waals surface area contributed by atoms with Crippen LogP contribution in [0.15, 0.2) is 24.0 Å². The number of amides is 2. The highest BCUT2D eigenvalue weighted by Gasteiger charge is 2.25. The van der Waals surface area contributed by atoms with E-state index in [1.807, 2.05) is 18.5 Å². The van der Waals surface area contributed by atoms with Gasteiger partial charge in [0.25, 0.3) is 11.8 Å². The summed E-state index contributed by atoms with van der Waals surface area (Å²) in [5.41, 5.74) is 0.943. The van der Waals surface area contributed by atoms with E-state index in [0.717, 1.165) is 5.56 Å². The van der Waals surface area contributed by atoms with Crippen molar-refractivity contribution in [3.05, 3.63) is 29.6 Å². The van der Waals surface area contributed by atoms with Gasteiger partial charge in [-0.2, -0.15) is 0 Å². The molecule has 0 aromatic carbocycles. The van der Waals surface area contributed by atoms with Gasteiger partial charge in [-0.25, -0.2) is 0 Å². The van der Waals surface area contributed by atoms with Crippen molar-refractivity contribution in [1.82, 2.24) is 15.2 Å². The third-order valence-electron chi connectivity index (χ3n) is 3.99. The molecule has 3 rings (SSSR count). The van der Waals surface area contributed by atoms with Crippen molar-refractivity contribution < 1.29 is 9.59 Å². The lowest BCUT2D eigenvalue weighted by atomic mass is 9.95. The van der Waals surface area contributed by atoms with Crippen LogP contribution in [0.4, 0.5) is 0 Å². The van der Waals surface area contributed by atoms with Gasteiger partial charge in [0.15, 0.2) is 5.11 Å². The molecule has 1 saturated heterocycles. The van der Waals surface area contributed by atoms with Gasteiger partial charge >= 0.3 is 0 Å².